The molecule has 1 heterocycles. The molecule has 2 nitrogen and oxygen atoms in total. The second kappa shape index (κ2) is 6.24. The molecular weight excluding hydrogens is 241 g/mol. The second-order valence-electron chi connectivity index (χ2n) is 5.54. The summed E-state index contributed by atoms with van der Waals surface area (Å²) in [6.07, 6.45) is 1.03. The van der Waals surface area contributed by atoms with Crippen molar-refractivity contribution in [2.24, 2.45) is 5.92 Å². The van der Waals surface area contributed by atoms with Gasteiger partial charge in [0.2, 0.25) is 0 Å². The van der Waals surface area contributed by atoms with Gasteiger partial charge >= 0.3 is 6.18 Å². The van der Waals surface area contributed by atoms with Crippen molar-refractivity contribution < 1.29 is 13.2 Å². The van der Waals surface area contributed by atoms with E-state index < -0.39 is 12.1 Å². The lowest BCUT2D eigenvalue weighted by molar-refractivity contribution is -0.188. The summed E-state index contributed by atoms with van der Waals surface area (Å²) in [5.74, 6) is -1.13. The first-order valence-corrected chi connectivity index (χ1v) is 7.10. The second-order valence-corrected chi connectivity index (χ2v) is 5.54. The molecule has 0 spiro atoms. The number of rotatable bonds is 4. The van der Waals surface area contributed by atoms with Gasteiger partial charge in [0.15, 0.2) is 0 Å². The first-order chi connectivity index (χ1) is 8.57. The minimum Gasteiger partial charge on any atom is -0.312 e. The molecule has 18 heavy (non-hydrogen) atoms. The van der Waals surface area contributed by atoms with Gasteiger partial charge < -0.3 is 10.2 Å². The summed E-state index contributed by atoms with van der Waals surface area (Å²) in [7, 11) is 0. The van der Waals surface area contributed by atoms with E-state index in [1.165, 1.54) is 12.8 Å². The number of hydrogen-bond acceptors (Lipinski definition) is 2. The van der Waals surface area contributed by atoms with Gasteiger partial charge in [-0.1, -0.05) is 12.8 Å². The highest BCUT2D eigenvalue weighted by molar-refractivity contribution is 4.85. The highest BCUT2D eigenvalue weighted by Crippen LogP contribution is 2.37. The van der Waals surface area contributed by atoms with Crippen LogP contribution in [-0.2, 0) is 0 Å². The average molecular weight is 264 g/mol. The highest BCUT2D eigenvalue weighted by atomic mass is 19.4. The Morgan fingerprint density at radius 1 is 1.00 bits per heavy atom. The molecule has 2 fully saturated rings. The Kier molecular flexibility index (Phi) is 4.90. The quantitative estimate of drug-likeness (QED) is 0.840. The number of hydrogen-bond donors (Lipinski definition) is 1. The molecule has 0 amide bonds. The van der Waals surface area contributed by atoms with E-state index in [2.05, 4.69) is 10.2 Å². The van der Waals surface area contributed by atoms with Crippen molar-refractivity contribution in [2.75, 3.05) is 26.2 Å². The van der Waals surface area contributed by atoms with E-state index in [4.69, 9.17) is 0 Å². The van der Waals surface area contributed by atoms with Crippen molar-refractivity contribution in [1.29, 1.82) is 0 Å². The van der Waals surface area contributed by atoms with Gasteiger partial charge in [0.1, 0.15) is 0 Å². The molecule has 1 aliphatic carbocycles. The topological polar surface area (TPSA) is 15.3 Å². The normalized spacial score (nSPS) is 30.8. The number of alkyl halides is 3. The predicted octanol–water partition coefficient (Wildman–Crippen LogP) is 2.79. The van der Waals surface area contributed by atoms with Gasteiger partial charge in [-0.15, -0.1) is 0 Å². The Hall–Kier alpha value is -0.290. The first kappa shape index (κ1) is 14.1. The van der Waals surface area contributed by atoms with Crippen LogP contribution in [0.3, 0.4) is 0 Å². The standard InChI is InChI=1S/C13H23F3N2/c14-13(15,16)11-5-1-2-6-12(11)17-7-10-18-8-3-4-9-18/h11-12,17H,1-10H2. The Balaban J connectivity index is 1.75. The van der Waals surface area contributed by atoms with Crippen molar-refractivity contribution in [3.05, 3.63) is 0 Å². The zero-order valence-corrected chi connectivity index (χ0v) is 10.8. The third-order valence-electron chi connectivity index (χ3n) is 4.22. The third-order valence-corrected chi connectivity index (χ3v) is 4.22. The zero-order chi connectivity index (χ0) is 13.0. The molecule has 2 rings (SSSR count). The van der Waals surface area contributed by atoms with Crippen molar-refractivity contribution in [3.63, 3.8) is 0 Å². The fraction of sp³-hybridized carbons (Fsp3) is 1.00. The smallest absolute Gasteiger partial charge is 0.312 e. The van der Waals surface area contributed by atoms with Gasteiger partial charge in [-0.25, -0.2) is 0 Å². The van der Waals surface area contributed by atoms with Crippen LogP contribution < -0.4 is 5.32 Å². The average Bonchev–Trinajstić information content (AvgIpc) is 2.81. The molecule has 1 saturated heterocycles. The zero-order valence-electron chi connectivity index (χ0n) is 10.8. The fourth-order valence-corrected chi connectivity index (χ4v) is 3.18. The number of likely N-dealkylation sites (tertiary alicyclic amines) is 1. The monoisotopic (exact) mass is 264 g/mol. The SMILES string of the molecule is FC(F)(F)C1CCCCC1NCCN1CCCC1. The van der Waals surface area contributed by atoms with Crippen LogP contribution in [-0.4, -0.2) is 43.3 Å². The molecular formula is C13H23F3N2. The molecule has 1 N–H and O–H groups in total. The van der Waals surface area contributed by atoms with Crippen LogP contribution in [0.5, 0.6) is 0 Å². The highest BCUT2D eigenvalue weighted by Gasteiger charge is 2.45. The molecule has 2 unspecified atom stereocenters. The molecule has 0 aromatic carbocycles. The Bertz CT molecular complexity index is 249. The summed E-state index contributed by atoms with van der Waals surface area (Å²) in [6.45, 7) is 3.79. The number of halogens is 3. The molecule has 0 radical (unpaired) electrons. The van der Waals surface area contributed by atoms with Gasteiger partial charge in [0, 0.05) is 19.1 Å². The minimum atomic E-state index is -4.04. The van der Waals surface area contributed by atoms with Crippen LogP contribution in [0.15, 0.2) is 0 Å². The lowest BCUT2D eigenvalue weighted by Gasteiger charge is -2.34. The number of nitrogens with one attached hydrogen (secondary N) is 1. The van der Waals surface area contributed by atoms with Gasteiger partial charge in [-0.05, 0) is 38.8 Å². The Morgan fingerprint density at radius 3 is 2.33 bits per heavy atom. The summed E-state index contributed by atoms with van der Waals surface area (Å²) in [5.41, 5.74) is 0. The molecule has 1 aliphatic heterocycles. The van der Waals surface area contributed by atoms with E-state index in [9.17, 15) is 13.2 Å². The molecule has 0 bridgehead atoms. The van der Waals surface area contributed by atoms with Crippen LogP contribution in [0, 0.1) is 5.92 Å². The predicted molar refractivity (Wildman–Crippen MR) is 65.5 cm³/mol. The molecule has 106 valence electrons. The Morgan fingerprint density at radius 2 is 1.67 bits per heavy atom. The van der Waals surface area contributed by atoms with E-state index in [-0.39, 0.29) is 6.04 Å². The molecule has 0 aromatic heterocycles. The van der Waals surface area contributed by atoms with Gasteiger partial charge in [0.05, 0.1) is 5.92 Å². The minimum absolute atomic E-state index is 0.297. The fourth-order valence-electron chi connectivity index (χ4n) is 3.18. The lowest BCUT2D eigenvalue weighted by atomic mass is 9.84. The summed E-state index contributed by atoms with van der Waals surface area (Å²) in [6, 6.07) is -0.360. The molecule has 0 aromatic rings. The van der Waals surface area contributed by atoms with Crippen LogP contribution in [0.2, 0.25) is 0 Å². The van der Waals surface area contributed by atoms with E-state index in [1.54, 1.807) is 0 Å². The summed E-state index contributed by atoms with van der Waals surface area (Å²) in [5, 5.41) is 3.14. The number of nitrogens with zero attached hydrogens (tertiary/aromatic N) is 1. The van der Waals surface area contributed by atoms with Crippen LogP contribution in [0.25, 0.3) is 0 Å². The summed E-state index contributed by atoms with van der Waals surface area (Å²) >= 11 is 0. The summed E-state index contributed by atoms with van der Waals surface area (Å²) in [4.78, 5) is 2.33. The van der Waals surface area contributed by atoms with Gasteiger partial charge in [0.25, 0.3) is 0 Å². The van der Waals surface area contributed by atoms with Crippen molar-refractivity contribution >= 4 is 0 Å². The maximum Gasteiger partial charge on any atom is 0.393 e. The van der Waals surface area contributed by atoms with Crippen LogP contribution in [0.4, 0.5) is 13.2 Å². The molecule has 2 aliphatic rings. The van der Waals surface area contributed by atoms with Crippen molar-refractivity contribution in [1.82, 2.24) is 10.2 Å². The van der Waals surface area contributed by atoms with Gasteiger partial charge in [-0.3, -0.25) is 0 Å². The maximum absolute atomic E-state index is 12.9. The third kappa shape index (κ3) is 3.85. The molecule has 1 saturated carbocycles. The van der Waals surface area contributed by atoms with Crippen LogP contribution >= 0.6 is 0 Å². The van der Waals surface area contributed by atoms with E-state index >= 15 is 0 Å². The molecule has 5 heteroatoms. The summed E-state index contributed by atoms with van der Waals surface area (Å²) < 4.78 is 38.6. The molecule has 2 atom stereocenters. The first-order valence-electron chi connectivity index (χ1n) is 7.10. The van der Waals surface area contributed by atoms with E-state index in [1.807, 2.05) is 0 Å². The van der Waals surface area contributed by atoms with Crippen molar-refractivity contribution in [3.8, 4) is 0 Å². The maximum atomic E-state index is 12.9. The lowest BCUT2D eigenvalue weighted by Crippen LogP contribution is -2.47. The largest absolute Gasteiger partial charge is 0.393 e. The van der Waals surface area contributed by atoms with Gasteiger partial charge in [-0.2, -0.15) is 13.2 Å². The van der Waals surface area contributed by atoms with E-state index in [0.29, 0.717) is 25.8 Å². The Labute approximate surface area is 107 Å². The van der Waals surface area contributed by atoms with E-state index in [0.717, 1.165) is 26.1 Å². The van der Waals surface area contributed by atoms with Crippen LogP contribution in [0.1, 0.15) is 38.5 Å². The van der Waals surface area contributed by atoms with Crippen molar-refractivity contribution in [2.45, 2.75) is 50.7 Å².